The Morgan fingerprint density at radius 3 is 2.36 bits per heavy atom. The van der Waals surface area contributed by atoms with Crippen molar-refractivity contribution in [1.82, 2.24) is 0 Å². The lowest BCUT2D eigenvalue weighted by atomic mass is 10.1. The van der Waals surface area contributed by atoms with Gasteiger partial charge in [-0.05, 0) is 34.4 Å². The minimum atomic E-state index is -0.290. The highest BCUT2D eigenvalue weighted by Gasteiger charge is 2.04. The molecular weight excluding hydrogens is 328 g/mol. The number of thiol groups is 1. The van der Waals surface area contributed by atoms with E-state index in [1.807, 2.05) is 30.3 Å². The Hall–Kier alpha value is -2.52. The fourth-order valence-corrected chi connectivity index (χ4v) is 2.88. The molecule has 3 aromatic rings. The Kier molecular flexibility index (Phi) is 5.91. The van der Waals surface area contributed by atoms with Crippen molar-refractivity contribution in [3.8, 4) is 0 Å². The van der Waals surface area contributed by atoms with Crippen molar-refractivity contribution >= 4 is 28.5 Å². The average molecular weight is 348 g/mol. The van der Waals surface area contributed by atoms with Gasteiger partial charge in [-0.3, -0.25) is 4.79 Å². The molecule has 0 aromatic heterocycles. The third kappa shape index (κ3) is 5.23. The second-order valence-electron chi connectivity index (χ2n) is 5.90. The average Bonchev–Trinajstić information content (AvgIpc) is 2.64. The van der Waals surface area contributed by atoms with Gasteiger partial charge in [0, 0.05) is 12.5 Å². The third-order valence-electron chi connectivity index (χ3n) is 4.03. The summed E-state index contributed by atoms with van der Waals surface area (Å²) in [5.74, 6) is 0.664. The van der Waals surface area contributed by atoms with Crippen LogP contribution in [0.2, 0.25) is 0 Å². The largest absolute Gasteiger partial charge is 0.493 e. The Morgan fingerprint density at radius 1 is 0.880 bits per heavy atom. The summed E-state index contributed by atoms with van der Waals surface area (Å²) >= 11 is 3.85. The summed E-state index contributed by atoms with van der Waals surface area (Å²) in [6, 6.07) is 24.7. The Balaban J connectivity index is 1.66. The molecule has 0 atom stereocenters. The van der Waals surface area contributed by atoms with Gasteiger partial charge in [0.15, 0.2) is 0 Å². The molecule has 2 nitrogen and oxygen atoms in total. The van der Waals surface area contributed by atoms with E-state index in [0.717, 1.165) is 12.0 Å². The lowest BCUT2D eigenvalue weighted by Crippen LogP contribution is -1.98. The highest BCUT2D eigenvalue weighted by Crippen LogP contribution is 2.18. The minimum absolute atomic E-state index is 0.290. The summed E-state index contributed by atoms with van der Waals surface area (Å²) in [5, 5.41) is 2.10. The molecule has 0 saturated heterocycles. The summed E-state index contributed by atoms with van der Waals surface area (Å²) in [4.78, 5) is 11.4. The van der Waals surface area contributed by atoms with E-state index in [-0.39, 0.29) is 5.12 Å². The predicted molar refractivity (Wildman–Crippen MR) is 106 cm³/mol. The molecule has 3 rings (SSSR count). The molecule has 0 amide bonds. The number of ether oxygens (including phenoxy) is 1. The monoisotopic (exact) mass is 348 g/mol. The maximum atomic E-state index is 11.4. The van der Waals surface area contributed by atoms with Crippen LogP contribution in [-0.2, 0) is 22.6 Å². The van der Waals surface area contributed by atoms with Crippen LogP contribution in [0.4, 0.5) is 0 Å². The van der Waals surface area contributed by atoms with Crippen LogP contribution in [-0.4, -0.2) is 5.12 Å². The van der Waals surface area contributed by atoms with Crippen molar-refractivity contribution in [2.24, 2.45) is 0 Å². The van der Waals surface area contributed by atoms with Crippen LogP contribution in [0.3, 0.4) is 0 Å². The van der Waals surface area contributed by atoms with Crippen LogP contribution >= 0.6 is 12.6 Å². The molecule has 0 bridgehead atoms. The number of carbonyl (C=O) groups excluding carboxylic acids is 1. The molecule has 3 aromatic carbocycles. The third-order valence-corrected chi connectivity index (χ3v) is 4.15. The van der Waals surface area contributed by atoms with Gasteiger partial charge in [0.2, 0.25) is 5.12 Å². The first-order valence-electron chi connectivity index (χ1n) is 8.28. The summed E-state index contributed by atoms with van der Waals surface area (Å²) in [6.07, 6.45) is 2.96. The van der Waals surface area contributed by atoms with Crippen molar-refractivity contribution in [2.75, 3.05) is 0 Å². The van der Waals surface area contributed by atoms with Crippen molar-refractivity contribution in [2.45, 2.75) is 19.4 Å². The van der Waals surface area contributed by atoms with Crippen LogP contribution in [0.25, 0.3) is 10.8 Å². The van der Waals surface area contributed by atoms with Crippen molar-refractivity contribution in [1.29, 1.82) is 0 Å². The van der Waals surface area contributed by atoms with E-state index < -0.39 is 0 Å². The molecule has 3 heteroatoms. The molecule has 0 unspecified atom stereocenters. The topological polar surface area (TPSA) is 26.3 Å². The van der Waals surface area contributed by atoms with Crippen molar-refractivity contribution in [3.05, 3.63) is 95.8 Å². The van der Waals surface area contributed by atoms with Gasteiger partial charge < -0.3 is 4.74 Å². The number of carbonyl (C=O) groups is 1. The zero-order chi connectivity index (χ0) is 17.5. The second kappa shape index (κ2) is 8.54. The Labute approximate surface area is 153 Å². The van der Waals surface area contributed by atoms with Gasteiger partial charge in [0.25, 0.3) is 0 Å². The standard InChI is InChI=1S/C22H20O2S/c23-22(25)15-21(13-11-17-6-2-1-3-7-17)24-16-18-10-12-19-8-4-5-9-20(19)14-18/h1-10,12,14-15H,11,13,16H2,(H,23,25)/b21-15+. The lowest BCUT2D eigenvalue weighted by Gasteiger charge is -2.11. The highest BCUT2D eigenvalue weighted by molar-refractivity contribution is 7.97. The van der Waals surface area contributed by atoms with Crippen LogP contribution in [0.15, 0.2) is 84.6 Å². The predicted octanol–water partition coefficient (Wildman–Crippen LogP) is 5.33. The molecule has 0 aliphatic rings. The molecule has 0 aliphatic heterocycles. The molecule has 126 valence electrons. The fraction of sp³-hybridized carbons (Fsp3) is 0.136. The van der Waals surface area contributed by atoms with Crippen molar-refractivity contribution in [3.63, 3.8) is 0 Å². The molecule has 25 heavy (non-hydrogen) atoms. The number of benzene rings is 3. The van der Waals surface area contributed by atoms with Gasteiger partial charge in [-0.15, -0.1) is 12.6 Å². The first-order chi connectivity index (χ1) is 12.2. The maximum absolute atomic E-state index is 11.4. The van der Waals surface area contributed by atoms with E-state index in [9.17, 15) is 4.79 Å². The lowest BCUT2D eigenvalue weighted by molar-refractivity contribution is -0.107. The van der Waals surface area contributed by atoms with E-state index in [2.05, 4.69) is 55.1 Å². The van der Waals surface area contributed by atoms with Gasteiger partial charge >= 0.3 is 0 Å². The van der Waals surface area contributed by atoms with Crippen LogP contribution in [0.1, 0.15) is 17.5 Å². The zero-order valence-corrected chi connectivity index (χ0v) is 14.8. The zero-order valence-electron chi connectivity index (χ0n) is 13.9. The van der Waals surface area contributed by atoms with Gasteiger partial charge in [0.1, 0.15) is 12.4 Å². The SMILES string of the molecule is O=C(S)/C=C(\CCc1ccccc1)OCc1ccc2ccccc2c1. The normalized spacial score (nSPS) is 11.5. The number of rotatable bonds is 7. The van der Waals surface area contributed by atoms with Crippen LogP contribution in [0, 0.1) is 0 Å². The molecule has 0 heterocycles. The van der Waals surface area contributed by atoms with E-state index >= 15 is 0 Å². The van der Waals surface area contributed by atoms with E-state index in [1.54, 1.807) is 0 Å². The van der Waals surface area contributed by atoms with E-state index in [1.165, 1.54) is 22.4 Å². The van der Waals surface area contributed by atoms with Crippen LogP contribution < -0.4 is 0 Å². The van der Waals surface area contributed by atoms with Gasteiger partial charge in [0.05, 0.1) is 0 Å². The molecular formula is C22H20O2S. The van der Waals surface area contributed by atoms with Crippen molar-refractivity contribution < 1.29 is 9.53 Å². The molecule has 0 saturated carbocycles. The van der Waals surface area contributed by atoms with Gasteiger partial charge in [-0.1, -0.05) is 66.7 Å². The molecule has 0 aliphatic carbocycles. The minimum Gasteiger partial charge on any atom is -0.493 e. The number of hydrogen-bond acceptors (Lipinski definition) is 2. The first kappa shape index (κ1) is 17.3. The second-order valence-corrected chi connectivity index (χ2v) is 6.35. The summed E-state index contributed by atoms with van der Waals surface area (Å²) in [7, 11) is 0. The Bertz CT molecular complexity index is 885. The summed E-state index contributed by atoms with van der Waals surface area (Å²) in [6.45, 7) is 0.437. The quantitative estimate of drug-likeness (QED) is 0.355. The number of aryl methyl sites for hydroxylation is 1. The van der Waals surface area contributed by atoms with Gasteiger partial charge in [-0.25, -0.2) is 0 Å². The van der Waals surface area contributed by atoms with E-state index in [4.69, 9.17) is 4.74 Å². The molecule has 0 spiro atoms. The maximum Gasteiger partial charge on any atom is 0.212 e. The Morgan fingerprint density at radius 2 is 1.60 bits per heavy atom. The molecule has 0 N–H and O–H groups in total. The smallest absolute Gasteiger partial charge is 0.212 e. The van der Waals surface area contributed by atoms with E-state index in [0.29, 0.717) is 18.8 Å². The summed E-state index contributed by atoms with van der Waals surface area (Å²) in [5.41, 5.74) is 2.30. The highest BCUT2D eigenvalue weighted by atomic mass is 32.1. The summed E-state index contributed by atoms with van der Waals surface area (Å²) < 4.78 is 5.90. The molecule has 0 radical (unpaired) electrons. The number of hydrogen-bond donors (Lipinski definition) is 1. The first-order valence-corrected chi connectivity index (χ1v) is 8.73. The van der Waals surface area contributed by atoms with Crippen LogP contribution in [0.5, 0.6) is 0 Å². The van der Waals surface area contributed by atoms with Gasteiger partial charge in [-0.2, -0.15) is 0 Å². The fourth-order valence-electron chi connectivity index (χ4n) is 2.74. The molecule has 0 fully saturated rings. The number of allylic oxidation sites excluding steroid dienone is 1. The number of fused-ring (bicyclic) bond motifs is 1.